The zero-order valence-electron chi connectivity index (χ0n) is 13.4. The molecule has 0 radical (unpaired) electrons. The van der Waals surface area contributed by atoms with Crippen molar-refractivity contribution in [3.05, 3.63) is 34.7 Å². The maximum Gasteiger partial charge on any atom is 0.336 e. The predicted molar refractivity (Wildman–Crippen MR) is 84.0 cm³/mol. The molecule has 10 heteroatoms. The number of rotatable bonds is 4. The summed E-state index contributed by atoms with van der Waals surface area (Å²) in [5, 5.41) is 39.1. The Morgan fingerprint density at radius 1 is 1.08 bits per heavy atom. The Morgan fingerprint density at radius 2 is 1.77 bits per heavy atom. The zero-order valence-corrected chi connectivity index (χ0v) is 13.4. The SMILES string of the molecule is COc1c(O[C@@H]2O[C@H](C(=O)O)[C@@H](O)[C@H](O)[C@H]2O)ccc2ccc(=O)oc12. The van der Waals surface area contributed by atoms with E-state index in [2.05, 4.69) is 0 Å². The minimum atomic E-state index is -1.83. The van der Waals surface area contributed by atoms with Crippen LogP contribution in [0, 0.1) is 0 Å². The van der Waals surface area contributed by atoms with Crippen LogP contribution in [0.3, 0.4) is 0 Å². The van der Waals surface area contributed by atoms with Crippen molar-refractivity contribution in [1.82, 2.24) is 0 Å². The van der Waals surface area contributed by atoms with Gasteiger partial charge in [-0.05, 0) is 18.2 Å². The first kappa shape index (κ1) is 18.1. The molecule has 2 heterocycles. The van der Waals surface area contributed by atoms with Crippen LogP contribution in [0.1, 0.15) is 0 Å². The number of aliphatic hydroxyl groups excluding tert-OH is 3. The number of carboxylic acids is 1. The molecule has 2 aromatic rings. The summed E-state index contributed by atoms with van der Waals surface area (Å²) < 4.78 is 20.8. The van der Waals surface area contributed by atoms with Crippen LogP contribution in [-0.2, 0) is 9.53 Å². The van der Waals surface area contributed by atoms with Crippen molar-refractivity contribution in [3.63, 3.8) is 0 Å². The van der Waals surface area contributed by atoms with E-state index in [4.69, 9.17) is 23.7 Å². The Balaban J connectivity index is 1.97. The molecule has 0 aliphatic carbocycles. The van der Waals surface area contributed by atoms with E-state index in [9.17, 15) is 24.9 Å². The second-order valence-electron chi connectivity index (χ2n) is 5.62. The topological polar surface area (TPSA) is 156 Å². The number of hydrogen-bond donors (Lipinski definition) is 4. The average molecular weight is 368 g/mol. The van der Waals surface area contributed by atoms with E-state index in [0.29, 0.717) is 5.39 Å². The summed E-state index contributed by atoms with van der Waals surface area (Å²) >= 11 is 0. The molecule has 0 saturated carbocycles. The van der Waals surface area contributed by atoms with Crippen LogP contribution in [0.15, 0.2) is 33.5 Å². The molecule has 0 unspecified atom stereocenters. The molecule has 4 N–H and O–H groups in total. The average Bonchev–Trinajstić information content (AvgIpc) is 2.61. The molecular weight excluding hydrogens is 352 g/mol. The molecule has 0 amide bonds. The van der Waals surface area contributed by atoms with E-state index in [1.165, 1.54) is 25.3 Å². The van der Waals surface area contributed by atoms with Crippen LogP contribution in [0.5, 0.6) is 11.5 Å². The fourth-order valence-electron chi connectivity index (χ4n) is 2.65. The molecule has 140 valence electrons. The van der Waals surface area contributed by atoms with E-state index in [1.54, 1.807) is 6.07 Å². The Kier molecular flexibility index (Phi) is 4.83. The summed E-state index contributed by atoms with van der Waals surface area (Å²) in [6.07, 6.45) is -8.79. The molecule has 3 rings (SSSR count). The molecule has 10 nitrogen and oxygen atoms in total. The summed E-state index contributed by atoms with van der Waals surface area (Å²) in [5.41, 5.74) is -0.537. The fraction of sp³-hybridized carbons (Fsp3) is 0.375. The van der Waals surface area contributed by atoms with E-state index >= 15 is 0 Å². The van der Waals surface area contributed by atoms with Gasteiger partial charge in [-0.3, -0.25) is 0 Å². The second kappa shape index (κ2) is 6.92. The first-order chi connectivity index (χ1) is 12.3. The van der Waals surface area contributed by atoms with Crippen LogP contribution in [0.2, 0.25) is 0 Å². The molecule has 1 fully saturated rings. The molecule has 1 aromatic heterocycles. The highest BCUT2D eigenvalue weighted by Gasteiger charge is 2.48. The Hall–Kier alpha value is -2.66. The Bertz CT molecular complexity index is 875. The number of aliphatic hydroxyl groups is 3. The van der Waals surface area contributed by atoms with Gasteiger partial charge in [0.25, 0.3) is 0 Å². The van der Waals surface area contributed by atoms with Crippen LogP contribution in [0.25, 0.3) is 11.0 Å². The number of carboxylic acid groups (broad SMARTS) is 1. The van der Waals surface area contributed by atoms with Gasteiger partial charge in [-0.1, -0.05) is 0 Å². The lowest BCUT2D eigenvalue weighted by molar-refractivity contribution is -0.271. The molecular formula is C16H16O10. The van der Waals surface area contributed by atoms with Crippen molar-refractivity contribution in [3.8, 4) is 11.5 Å². The molecule has 1 aliphatic rings. The molecule has 1 saturated heterocycles. The molecule has 0 spiro atoms. The van der Waals surface area contributed by atoms with Crippen LogP contribution < -0.4 is 15.1 Å². The van der Waals surface area contributed by atoms with Gasteiger partial charge in [0, 0.05) is 11.5 Å². The standard InChI is InChI=1S/C16H16O10/c1-23-13-7(4-2-6-3-5-8(17)25-12(6)13)24-16-11(20)9(18)10(19)14(26-16)15(21)22/h2-5,9-11,14,16,18-20H,1H3,(H,21,22)/t9-,10-,11+,14-,16+/m0/s1. The third-order valence-electron chi connectivity index (χ3n) is 3.97. The number of hydrogen-bond acceptors (Lipinski definition) is 9. The van der Waals surface area contributed by atoms with Gasteiger partial charge in [0.2, 0.25) is 12.0 Å². The molecule has 5 atom stereocenters. The van der Waals surface area contributed by atoms with Crippen LogP contribution in [-0.4, -0.2) is 64.2 Å². The predicted octanol–water partition coefficient (Wildman–Crippen LogP) is -0.927. The molecule has 1 aliphatic heterocycles. The first-order valence-electron chi connectivity index (χ1n) is 7.53. The molecule has 26 heavy (non-hydrogen) atoms. The number of fused-ring (bicyclic) bond motifs is 1. The zero-order chi connectivity index (χ0) is 19.0. The van der Waals surface area contributed by atoms with E-state index in [0.717, 1.165) is 0 Å². The van der Waals surface area contributed by atoms with Gasteiger partial charge in [0.15, 0.2) is 17.4 Å². The van der Waals surface area contributed by atoms with Crippen molar-refractivity contribution in [2.45, 2.75) is 30.7 Å². The van der Waals surface area contributed by atoms with E-state index in [-0.39, 0.29) is 17.1 Å². The van der Waals surface area contributed by atoms with E-state index < -0.39 is 42.3 Å². The second-order valence-corrected chi connectivity index (χ2v) is 5.62. The highest BCUT2D eigenvalue weighted by molar-refractivity contribution is 5.85. The van der Waals surface area contributed by atoms with Crippen molar-refractivity contribution in [2.24, 2.45) is 0 Å². The summed E-state index contributed by atoms with van der Waals surface area (Å²) in [6, 6.07) is 5.72. The highest BCUT2D eigenvalue weighted by atomic mass is 16.7. The largest absolute Gasteiger partial charge is 0.490 e. The number of methoxy groups -OCH3 is 1. The van der Waals surface area contributed by atoms with Crippen molar-refractivity contribution in [2.75, 3.05) is 7.11 Å². The number of ether oxygens (including phenoxy) is 3. The minimum Gasteiger partial charge on any atom is -0.490 e. The highest BCUT2D eigenvalue weighted by Crippen LogP contribution is 2.36. The lowest BCUT2D eigenvalue weighted by atomic mass is 9.99. The quantitative estimate of drug-likeness (QED) is 0.497. The third kappa shape index (κ3) is 3.10. The Morgan fingerprint density at radius 3 is 2.42 bits per heavy atom. The summed E-state index contributed by atoms with van der Waals surface area (Å²) in [5.74, 6) is -1.54. The number of benzene rings is 1. The summed E-state index contributed by atoms with van der Waals surface area (Å²) in [7, 11) is 1.30. The first-order valence-corrected chi connectivity index (χ1v) is 7.53. The lowest BCUT2D eigenvalue weighted by Gasteiger charge is -2.38. The van der Waals surface area contributed by atoms with Crippen molar-refractivity contribution in [1.29, 1.82) is 0 Å². The van der Waals surface area contributed by atoms with Crippen molar-refractivity contribution >= 4 is 16.9 Å². The maximum absolute atomic E-state index is 11.4. The Labute approximate surface area is 145 Å². The van der Waals surface area contributed by atoms with Gasteiger partial charge in [0.1, 0.15) is 18.3 Å². The normalized spacial score (nSPS) is 28.7. The number of carbonyl (C=O) groups is 1. The fourth-order valence-corrected chi connectivity index (χ4v) is 2.65. The van der Waals surface area contributed by atoms with Gasteiger partial charge in [-0.2, -0.15) is 0 Å². The minimum absolute atomic E-state index is 0.0171. The lowest BCUT2D eigenvalue weighted by Crippen LogP contribution is -2.61. The van der Waals surface area contributed by atoms with Crippen LogP contribution >= 0.6 is 0 Å². The van der Waals surface area contributed by atoms with Crippen LogP contribution in [0.4, 0.5) is 0 Å². The maximum atomic E-state index is 11.4. The smallest absolute Gasteiger partial charge is 0.336 e. The summed E-state index contributed by atoms with van der Waals surface area (Å²) in [6.45, 7) is 0. The number of aliphatic carboxylic acids is 1. The van der Waals surface area contributed by atoms with Gasteiger partial charge in [-0.25, -0.2) is 9.59 Å². The third-order valence-corrected chi connectivity index (χ3v) is 3.97. The molecule has 1 aromatic carbocycles. The summed E-state index contributed by atoms with van der Waals surface area (Å²) in [4.78, 5) is 22.6. The van der Waals surface area contributed by atoms with Gasteiger partial charge >= 0.3 is 11.6 Å². The monoisotopic (exact) mass is 368 g/mol. The van der Waals surface area contributed by atoms with Gasteiger partial charge in [-0.15, -0.1) is 0 Å². The molecule has 0 bridgehead atoms. The van der Waals surface area contributed by atoms with Gasteiger partial charge in [0.05, 0.1) is 7.11 Å². The van der Waals surface area contributed by atoms with Crippen molar-refractivity contribution < 1.29 is 43.8 Å². The van der Waals surface area contributed by atoms with Gasteiger partial charge < -0.3 is 39.1 Å². The van der Waals surface area contributed by atoms with E-state index in [1.807, 2.05) is 0 Å².